The average molecular weight is 373 g/mol. The van der Waals surface area contributed by atoms with Gasteiger partial charge in [-0.3, -0.25) is 18.8 Å². The first-order chi connectivity index (χ1) is 12.5. The zero-order chi connectivity index (χ0) is 18.3. The van der Waals surface area contributed by atoms with Gasteiger partial charge < -0.3 is 10.1 Å². The molecule has 1 amide bonds. The molecule has 0 saturated carbocycles. The van der Waals surface area contributed by atoms with Crippen molar-refractivity contribution < 1.29 is 18.7 Å². The van der Waals surface area contributed by atoms with Crippen LogP contribution in [0.3, 0.4) is 0 Å². The number of ether oxygens (including phenoxy) is 1. The van der Waals surface area contributed by atoms with Crippen LogP contribution in [0.15, 0.2) is 40.6 Å². The van der Waals surface area contributed by atoms with Crippen molar-refractivity contribution in [2.75, 3.05) is 5.32 Å². The van der Waals surface area contributed by atoms with Crippen molar-refractivity contribution in [2.45, 2.75) is 18.9 Å². The summed E-state index contributed by atoms with van der Waals surface area (Å²) in [5.41, 5.74) is 0.822. The van der Waals surface area contributed by atoms with Crippen molar-refractivity contribution in [1.82, 2.24) is 9.38 Å². The first-order valence-electron chi connectivity index (χ1n) is 7.73. The topological polar surface area (TPSA) is 89.8 Å². The van der Waals surface area contributed by atoms with Crippen LogP contribution in [0.4, 0.5) is 10.1 Å². The standard InChI is InChI=1S/C17H12FN3O4S/c18-9-1-2-11-12(7-14(22)20-13(11)5-9)16(24)25-8-10-6-15(23)21-3-4-26-17(21)19-10/h1-6,12H,7-8H2,(H,20,22)/t12-/m0/s1. The lowest BCUT2D eigenvalue weighted by Gasteiger charge is -2.24. The van der Waals surface area contributed by atoms with E-state index in [0.717, 1.165) is 0 Å². The number of anilines is 1. The van der Waals surface area contributed by atoms with E-state index in [0.29, 0.717) is 16.2 Å². The predicted octanol–water partition coefficient (Wildman–Crippen LogP) is 2.06. The average Bonchev–Trinajstić information content (AvgIpc) is 3.07. The quantitative estimate of drug-likeness (QED) is 0.710. The molecule has 2 aromatic heterocycles. The van der Waals surface area contributed by atoms with Crippen LogP contribution in [0, 0.1) is 5.82 Å². The summed E-state index contributed by atoms with van der Waals surface area (Å²) in [4.78, 5) is 41.0. The lowest BCUT2D eigenvalue weighted by molar-refractivity contribution is -0.148. The van der Waals surface area contributed by atoms with Gasteiger partial charge in [0.1, 0.15) is 12.4 Å². The number of carbonyl (C=O) groups is 2. The maximum atomic E-state index is 13.4. The molecule has 1 aliphatic heterocycles. The molecule has 3 heterocycles. The van der Waals surface area contributed by atoms with Crippen LogP contribution in [-0.4, -0.2) is 21.3 Å². The molecule has 9 heteroatoms. The number of benzene rings is 1. The second kappa shape index (κ2) is 6.34. The summed E-state index contributed by atoms with van der Waals surface area (Å²) in [6, 6.07) is 5.14. The summed E-state index contributed by atoms with van der Waals surface area (Å²) in [6.45, 7) is -0.183. The number of carbonyl (C=O) groups excluding carboxylic acids is 2. The minimum Gasteiger partial charge on any atom is -0.459 e. The van der Waals surface area contributed by atoms with E-state index in [4.69, 9.17) is 4.74 Å². The Kier molecular flexibility index (Phi) is 4.00. The first kappa shape index (κ1) is 16.4. The van der Waals surface area contributed by atoms with E-state index in [9.17, 15) is 18.8 Å². The summed E-state index contributed by atoms with van der Waals surface area (Å²) in [5.74, 6) is -2.35. The van der Waals surface area contributed by atoms with Crippen LogP contribution in [0.1, 0.15) is 23.6 Å². The Bertz CT molecular complexity index is 1090. The summed E-state index contributed by atoms with van der Waals surface area (Å²) >= 11 is 1.29. The van der Waals surface area contributed by atoms with Crippen LogP contribution >= 0.6 is 11.3 Å². The highest BCUT2D eigenvalue weighted by molar-refractivity contribution is 7.15. The second-order valence-electron chi connectivity index (χ2n) is 5.79. The normalized spacial score (nSPS) is 16.2. The third kappa shape index (κ3) is 2.97. The number of thiazole rings is 1. The second-order valence-corrected chi connectivity index (χ2v) is 6.66. The van der Waals surface area contributed by atoms with Crippen molar-refractivity contribution in [3.63, 3.8) is 0 Å². The van der Waals surface area contributed by atoms with E-state index in [2.05, 4.69) is 10.3 Å². The van der Waals surface area contributed by atoms with Crippen molar-refractivity contribution in [3.05, 3.63) is 63.3 Å². The van der Waals surface area contributed by atoms with Gasteiger partial charge in [-0.2, -0.15) is 0 Å². The number of nitrogens with one attached hydrogen (secondary N) is 1. The minimum absolute atomic E-state index is 0.0858. The predicted molar refractivity (Wildman–Crippen MR) is 91.5 cm³/mol. The highest BCUT2D eigenvalue weighted by Crippen LogP contribution is 2.33. The molecule has 1 aromatic carbocycles. The van der Waals surface area contributed by atoms with Gasteiger partial charge in [0, 0.05) is 29.8 Å². The number of esters is 1. The van der Waals surface area contributed by atoms with Crippen molar-refractivity contribution in [2.24, 2.45) is 0 Å². The maximum Gasteiger partial charge on any atom is 0.314 e. The van der Waals surface area contributed by atoms with Crippen LogP contribution in [0.25, 0.3) is 4.96 Å². The number of fused-ring (bicyclic) bond motifs is 2. The van der Waals surface area contributed by atoms with Crippen LogP contribution in [-0.2, 0) is 20.9 Å². The van der Waals surface area contributed by atoms with E-state index >= 15 is 0 Å². The van der Waals surface area contributed by atoms with Gasteiger partial charge in [-0.15, -0.1) is 11.3 Å². The number of aromatic nitrogens is 2. The molecule has 0 bridgehead atoms. The molecule has 0 spiro atoms. The van der Waals surface area contributed by atoms with Crippen molar-refractivity contribution in [3.8, 4) is 0 Å². The van der Waals surface area contributed by atoms with E-state index in [-0.39, 0.29) is 30.2 Å². The molecule has 1 aliphatic rings. The molecule has 0 unspecified atom stereocenters. The van der Waals surface area contributed by atoms with Gasteiger partial charge in [-0.05, 0) is 17.7 Å². The molecular formula is C17H12FN3O4S. The Labute approximate surface area is 150 Å². The monoisotopic (exact) mass is 373 g/mol. The molecule has 132 valence electrons. The number of hydrogen-bond acceptors (Lipinski definition) is 6. The lowest BCUT2D eigenvalue weighted by atomic mass is 9.90. The Morgan fingerprint density at radius 1 is 1.38 bits per heavy atom. The SMILES string of the molecule is O=C1C[C@H](C(=O)OCc2cc(=O)n3ccsc3n2)c2ccc(F)cc2N1. The molecule has 1 atom stereocenters. The Balaban J connectivity index is 1.55. The largest absolute Gasteiger partial charge is 0.459 e. The Morgan fingerprint density at radius 3 is 3.08 bits per heavy atom. The zero-order valence-corrected chi connectivity index (χ0v) is 14.1. The first-order valence-corrected chi connectivity index (χ1v) is 8.61. The van der Waals surface area contributed by atoms with Gasteiger partial charge in [0.2, 0.25) is 5.91 Å². The highest BCUT2D eigenvalue weighted by Gasteiger charge is 2.32. The number of hydrogen-bond donors (Lipinski definition) is 1. The van der Waals surface area contributed by atoms with Gasteiger partial charge in [0.25, 0.3) is 5.56 Å². The van der Waals surface area contributed by atoms with Gasteiger partial charge in [0.05, 0.1) is 11.6 Å². The number of nitrogens with zero attached hydrogens (tertiary/aromatic N) is 2. The lowest BCUT2D eigenvalue weighted by Crippen LogP contribution is -2.28. The number of rotatable bonds is 3. The van der Waals surface area contributed by atoms with E-state index in [1.807, 2.05) is 0 Å². The van der Waals surface area contributed by atoms with Gasteiger partial charge in [-0.1, -0.05) is 6.07 Å². The fourth-order valence-corrected chi connectivity index (χ4v) is 3.59. The molecule has 3 aromatic rings. The molecule has 1 N–H and O–H groups in total. The molecule has 0 saturated heterocycles. The number of amides is 1. The Morgan fingerprint density at radius 2 is 2.23 bits per heavy atom. The molecule has 7 nitrogen and oxygen atoms in total. The number of halogens is 1. The fourth-order valence-electron chi connectivity index (χ4n) is 2.85. The van der Waals surface area contributed by atoms with Crippen LogP contribution in [0.5, 0.6) is 0 Å². The third-order valence-corrected chi connectivity index (χ3v) is 4.81. The molecule has 0 fully saturated rings. The third-order valence-electron chi connectivity index (χ3n) is 4.06. The van der Waals surface area contributed by atoms with Gasteiger partial charge in [-0.25, -0.2) is 9.37 Å². The Hall–Kier alpha value is -3.07. The van der Waals surface area contributed by atoms with Crippen LogP contribution < -0.4 is 10.9 Å². The molecular weight excluding hydrogens is 361 g/mol. The van der Waals surface area contributed by atoms with E-state index in [1.54, 1.807) is 11.6 Å². The summed E-state index contributed by atoms with van der Waals surface area (Å²) < 4.78 is 20.0. The molecule has 26 heavy (non-hydrogen) atoms. The summed E-state index contributed by atoms with van der Waals surface area (Å²) in [7, 11) is 0. The summed E-state index contributed by atoms with van der Waals surface area (Å²) in [6.07, 6.45) is 1.53. The smallest absolute Gasteiger partial charge is 0.314 e. The summed E-state index contributed by atoms with van der Waals surface area (Å²) in [5, 5.41) is 4.27. The van der Waals surface area contributed by atoms with Crippen molar-refractivity contribution >= 4 is 33.9 Å². The molecule has 4 rings (SSSR count). The highest BCUT2D eigenvalue weighted by atomic mass is 32.1. The molecule has 0 radical (unpaired) electrons. The van der Waals surface area contributed by atoms with Crippen LogP contribution in [0.2, 0.25) is 0 Å². The van der Waals surface area contributed by atoms with Gasteiger partial charge in [0.15, 0.2) is 4.96 Å². The zero-order valence-electron chi connectivity index (χ0n) is 13.3. The maximum absolute atomic E-state index is 13.4. The van der Waals surface area contributed by atoms with Crippen molar-refractivity contribution in [1.29, 1.82) is 0 Å². The van der Waals surface area contributed by atoms with E-state index in [1.165, 1.54) is 40.0 Å². The minimum atomic E-state index is -0.828. The van der Waals surface area contributed by atoms with Gasteiger partial charge >= 0.3 is 5.97 Å². The fraction of sp³-hybridized carbons (Fsp3) is 0.176. The molecule has 0 aliphatic carbocycles. The van der Waals surface area contributed by atoms with E-state index < -0.39 is 17.7 Å².